The maximum Gasteiger partial charge on any atom is 0.253 e. The van der Waals surface area contributed by atoms with E-state index in [2.05, 4.69) is 22.9 Å². The van der Waals surface area contributed by atoms with Gasteiger partial charge in [0.05, 0.1) is 5.02 Å². The van der Waals surface area contributed by atoms with Gasteiger partial charge < -0.3 is 4.90 Å². The van der Waals surface area contributed by atoms with E-state index in [4.69, 9.17) is 11.6 Å². The standard InChI is InChI=1S/C11H11BrClNO/c1-7-5-14(6-7)11(15)8-2-3-10(13)9(12)4-8/h2-4,7H,5-6H2,1H3. The molecule has 1 heterocycles. The van der Waals surface area contributed by atoms with Crippen LogP contribution in [0.2, 0.25) is 5.02 Å². The molecule has 0 radical (unpaired) electrons. The summed E-state index contributed by atoms with van der Waals surface area (Å²) in [5.41, 5.74) is 0.693. The number of nitrogens with zero attached hydrogens (tertiary/aromatic N) is 1. The summed E-state index contributed by atoms with van der Waals surface area (Å²) in [4.78, 5) is 13.7. The molecule has 80 valence electrons. The van der Waals surface area contributed by atoms with Gasteiger partial charge in [-0.15, -0.1) is 0 Å². The third-order valence-corrected chi connectivity index (χ3v) is 3.73. The van der Waals surface area contributed by atoms with Gasteiger partial charge in [-0.3, -0.25) is 4.79 Å². The van der Waals surface area contributed by atoms with Crippen LogP contribution in [0.15, 0.2) is 22.7 Å². The molecule has 1 saturated heterocycles. The fourth-order valence-corrected chi connectivity index (χ4v) is 2.17. The number of benzene rings is 1. The number of amides is 1. The first-order chi connectivity index (χ1) is 7.08. The number of hydrogen-bond acceptors (Lipinski definition) is 1. The quantitative estimate of drug-likeness (QED) is 0.777. The predicted octanol–water partition coefficient (Wildman–Crippen LogP) is 3.19. The van der Waals surface area contributed by atoms with Gasteiger partial charge in [0.2, 0.25) is 0 Å². The summed E-state index contributed by atoms with van der Waals surface area (Å²) in [7, 11) is 0. The van der Waals surface area contributed by atoms with Crippen LogP contribution in [0, 0.1) is 5.92 Å². The second-order valence-electron chi connectivity index (χ2n) is 3.94. The monoisotopic (exact) mass is 287 g/mol. The Bertz CT molecular complexity index is 402. The number of rotatable bonds is 1. The normalized spacial score (nSPS) is 16.3. The highest BCUT2D eigenvalue weighted by atomic mass is 79.9. The molecule has 0 aliphatic carbocycles. The maximum atomic E-state index is 11.9. The molecule has 1 fully saturated rings. The summed E-state index contributed by atoms with van der Waals surface area (Å²) in [5.74, 6) is 0.718. The lowest BCUT2D eigenvalue weighted by Crippen LogP contribution is -2.48. The molecule has 0 N–H and O–H groups in total. The van der Waals surface area contributed by atoms with Crippen molar-refractivity contribution in [3.05, 3.63) is 33.3 Å². The van der Waals surface area contributed by atoms with Crippen LogP contribution in [0.4, 0.5) is 0 Å². The Hall–Kier alpha value is -0.540. The Morgan fingerprint density at radius 3 is 2.73 bits per heavy atom. The highest BCUT2D eigenvalue weighted by Gasteiger charge is 2.27. The van der Waals surface area contributed by atoms with Crippen LogP contribution in [-0.4, -0.2) is 23.9 Å². The molecule has 0 unspecified atom stereocenters. The third-order valence-electron chi connectivity index (χ3n) is 2.52. The lowest BCUT2D eigenvalue weighted by Gasteiger charge is -2.37. The van der Waals surface area contributed by atoms with Crippen LogP contribution < -0.4 is 0 Å². The molecule has 15 heavy (non-hydrogen) atoms. The molecule has 0 aromatic heterocycles. The maximum absolute atomic E-state index is 11.9. The zero-order valence-corrected chi connectivity index (χ0v) is 10.7. The predicted molar refractivity (Wildman–Crippen MR) is 64.2 cm³/mol. The fourth-order valence-electron chi connectivity index (χ4n) is 1.68. The molecular weight excluding hydrogens is 277 g/mol. The molecule has 2 rings (SSSR count). The largest absolute Gasteiger partial charge is 0.338 e. The SMILES string of the molecule is CC1CN(C(=O)c2ccc(Cl)c(Br)c2)C1. The summed E-state index contributed by atoms with van der Waals surface area (Å²) >= 11 is 9.18. The van der Waals surface area contributed by atoms with Crippen LogP contribution >= 0.6 is 27.5 Å². The van der Waals surface area contributed by atoms with E-state index in [1.165, 1.54) is 0 Å². The summed E-state index contributed by atoms with van der Waals surface area (Å²) in [6.45, 7) is 3.86. The highest BCUT2D eigenvalue weighted by Crippen LogP contribution is 2.25. The van der Waals surface area contributed by atoms with Crippen molar-refractivity contribution in [3.8, 4) is 0 Å². The average Bonchev–Trinajstić information content (AvgIpc) is 2.16. The molecule has 1 aromatic rings. The summed E-state index contributed by atoms with van der Waals surface area (Å²) in [6, 6.07) is 5.27. The molecule has 0 saturated carbocycles. The van der Waals surface area contributed by atoms with E-state index in [1.807, 2.05) is 4.90 Å². The first-order valence-electron chi connectivity index (χ1n) is 4.82. The van der Waals surface area contributed by atoms with Crippen LogP contribution in [-0.2, 0) is 0 Å². The summed E-state index contributed by atoms with van der Waals surface area (Å²) in [6.07, 6.45) is 0. The zero-order chi connectivity index (χ0) is 11.0. The number of likely N-dealkylation sites (tertiary alicyclic amines) is 1. The van der Waals surface area contributed by atoms with Gasteiger partial charge in [0.15, 0.2) is 0 Å². The van der Waals surface area contributed by atoms with E-state index in [9.17, 15) is 4.79 Å². The first-order valence-corrected chi connectivity index (χ1v) is 5.99. The molecular formula is C11H11BrClNO. The van der Waals surface area contributed by atoms with Crippen LogP contribution in [0.5, 0.6) is 0 Å². The molecule has 1 aliphatic heterocycles. The third kappa shape index (κ3) is 2.18. The second kappa shape index (κ2) is 4.14. The molecule has 0 spiro atoms. The number of hydrogen-bond donors (Lipinski definition) is 0. The number of carbonyl (C=O) groups is 1. The lowest BCUT2D eigenvalue weighted by molar-refractivity contribution is 0.0530. The van der Waals surface area contributed by atoms with E-state index < -0.39 is 0 Å². The van der Waals surface area contributed by atoms with E-state index in [1.54, 1.807) is 18.2 Å². The van der Waals surface area contributed by atoms with Crippen molar-refractivity contribution in [2.45, 2.75) is 6.92 Å². The minimum atomic E-state index is 0.0884. The van der Waals surface area contributed by atoms with Gasteiger partial charge in [0.25, 0.3) is 5.91 Å². The Labute approximate surface area is 102 Å². The second-order valence-corrected chi connectivity index (χ2v) is 5.21. The Kier molecular flexibility index (Phi) is 3.03. The van der Waals surface area contributed by atoms with Gasteiger partial charge in [0, 0.05) is 23.1 Å². The smallest absolute Gasteiger partial charge is 0.253 e. The van der Waals surface area contributed by atoms with Crippen molar-refractivity contribution in [2.75, 3.05) is 13.1 Å². The van der Waals surface area contributed by atoms with Gasteiger partial charge in [-0.2, -0.15) is 0 Å². The number of halogens is 2. The highest BCUT2D eigenvalue weighted by molar-refractivity contribution is 9.10. The minimum Gasteiger partial charge on any atom is -0.338 e. The molecule has 0 atom stereocenters. The van der Waals surface area contributed by atoms with Crippen molar-refractivity contribution in [1.29, 1.82) is 0 Å². The Morgan fingerprint density at radius 2 is 2.20 bits per heavy atom. The van der Waals surface area contributed by atoms with Crippen LogP contribution in [0.3, 0.4) is 0 Å². The molecule has 4 heteroatoms. The molecule has 1 aliphatic rings. The van der Waals surface area contributed by atoms with Crippen molar-refractivity contribution in [1.82, 2.24) is 4.90 Å². The zero-order valence-electron chi connectivity index (χ0n) is 8.34. The Morgan fingerprint density at radius 1 is 1.53 bits per heavy atom. The van der Waals surface area contributed by atoms with Gasteiger partial charge in [-0.1, -0.05) is 18.5 Å². The topological polar surface area (TPSA) is 20.3 Å². The van der Waals surface area contributed by atoms with E-state index in [-0.39, 0.29) is 5.91 Å². The summed E-state index contributed by atoms with van der Waals surface area (Å²) in [5, 5.41) is 0.628. The average molecular weight is 289 g/mol. The van der Waals surface area contributed by atoms with E-state index in [0.717, 1.165) is 17.6 Å². The van der Waals surface area contributed by atoms with Crippen LogP contribution in [0.25, 0.3) is 0 Å². The fraction of sp³-hybridized carbons (Fsp3) is 0.364. The summed E-state index contributed by atoms with van der Waals surface area (Å²) < 4.78 is 0.767. The molecule has 0 bridgehead atoms. The van der Waals surface area contributed by atoms with Crippen molar-refractivity contribution < 1.29 is 4.79 Å². The van der Waals surface area contributed by atoms with Gasteiger partial charge in [-0.25, -0.2) is 0 Å². The van der Waals surface area contributed by atoms with Gasteiger partial charge in [-0.05, 0) is 40.0 Å². The van der Waals surface area contributed by atoms with E-state index in [0.29, 0.717) is 16.5 Å². The van der Waals surface area contributed by atoms with Crippen molar-refractivity contribution in [3.63, 3.8) is 0 Å². The van der Waals surface area contributed by atoms with Crippen molar-refractivity contribution in [2.24, 2.45) is 5.92 Å². The minimum absolute atomic E-state index is 0.0884. The number of carbonyl (C=O) groups excluding carboxylic acids is 1. The van der Waals surface area contributed by atoms with Gasteiger partial charge in [0.1, 0.15) is 0 Å². The molecule has 2 nitrogen and oxygen atoms in total. The van der Waals surface area contributed by atoms with Gasteiger partial charge >= 0.3 is 0 Å². The first kappa shape index (κ1) is 11.0. The van der Waals surface area contributed by atoms with Crippen molar-refractivity contribution >= 4 is 33.4 Å². The molecule has 1 amide bonds. The lowest BCUT2D eigenvalue weighted by atomic mass is 10.0. The Balaban J connectivity index is 2.16. The molecule has 1 aromatic carbocycles. The van der Waals surface area contributed by atoms with Crippen LogP contribution in [0.1, 0.15) is 17.3 Å². The van der Waals surface area contributed by atoms with E-state index >= 15 is 0 Å².